The Morgan fingerprint density at radius 1 is 1.15 bits per heavy atom. The minimum absolute atomic E-state index is 0.0722. The molecule has 33 heavy (non-hydrogen) atoms. The number of pyridine rings is 1. The van der Waals surface area contributed by atoms with Crippen molar-refractivity contribution < 1.29 is 27.9 Å². The monoisotopic (exact) mass is 465 g/mol. The lowest BCUT2D eigenvalue weighted by Gasteiger charge is -2.53. The zero-order valence-electron chi connectivity index (χ0n) is 18.5. The quantitative estimate of drug-likeness (QED) is 0.594. The maximum absolute atomic E-state index is 15.1. The third kappa shape index (κ3) is 4.39. The number of hydrogen-bond acceptors (Lipinski definition) is 5. The number of primary amides is 1. The maximum Gasteiger partial charge on any atom is 0.408 e. The van der Waals surface area contributed by atoms with Crippen molar-refractivity contribution in [3.8, 4) is 0 Å². The number of nitrogens with zero attached hydrogens (tertiary/aromatic N) is 3. The highest BCUT2D eigenvalue weighted by molar-refractivity contribution is 5.96. The van der Waals surface area contributed by atoms with Crippen LogP contribution in [0.15, 0.2) is 24.3 Å². The van der Waals surface area contributed by atoms with Crippen molar-refractivity contribution in [2.24, 2.45) is 5.73 Å². The van der Waals surface area contributed by atoms with Crippen molar-refractivity contribution in [2.75, 3.05) is 23.7 Å². The highest BCUT2D eigenvalue weighted by Crippen LogP contribution is 2.44. The third-order valence-electron chi connectivity index (χ3n) is 5.74. The standard InChI is InChI=1S/C22H26F3N5O3/c1-21(2,3)30(20(32)33)22(12-9-14(24)15(25)10-13(12)23)7-4-8-29(11-22)17-6-5-16(26)18(28-17)19(27)31/h5-6,9-10H,4,7-8,11,26H2,1-3H3,(H2,27,31)(H,32,33)/t22-/m0/s1. The smallest absolute Gasteiger partial charge is 0.408 e. The van der Waals surface area contributed by atoms with Crippen LogP contribution in [0.2, 0.25) is 0 Å². The van der Waals surface area contributed by atoms with E-state index in [2.05, 4.69) is 4.98 Å². The average molecular weight is 465 g/mol. The van der Waals surface area contributed by atoms with E-state index in [0.717, 1.165) is 4.90 Å². The first-order valence-corrected chi connectivity index (χ1v) is 10.3. The van der Waals surface area contributed by atoms with E-state index in [-0.39, 0.29) is 35.7 Å². The molecule has 0 aliphatic carbocycles. The van der Waals surface area contributed by atoms with Crippen molar-refractivity contribution in [2.45, 2.75) is 44.7 Å². The zero-order valence-corrected chi connectivity index (χ0v) is 18.5. The van der Waals surface area contributed by atoms with Crippen molar-refractivity contribution in [1.82, 2.24) is 9.88 Å². The van der Waals surface area contributed by atoms with E-state index in [4.69, 9.17) is 11.5 Å². The van der Waals surface area contributed by atoms with E-state index in [0.29, 0.717) is 25.1 Å². The second-order valence-corrected chi connectivity index (χ2v) is 9.06. The molecule has 0 bridgehead atoms. The summed E-state index contributed by atoms with van der Waals surface area (Å²) >= 11 is 0. The Morgan fingerprint density at radius 2 is 1.79 bits per heavy atom. The highest BCUT2D eigenvalue weighted by Gasteiger charge is 2.51. The molecule has 1 aromatic heterocycles. The van der Waals surface area contributed by atoms with E-state index in [1.165, 1.54) is 12.1 Å². The Kier molecular flexibility index (Phi) is 6.18. The van der Waals surface area contributed by atoms with Crippen molar-refractivity contribution in [1.29, 1.82) is 0 Å². The molecule has 2 heterocycles. The molecule has 1 aliphatic rings. The van der Waals surface area contributed by atoms with Crippen LogP contribution in [-0.4, -0.2) is 45.6 Å². The van der Waals surface area contributed by atoms with Gasteiger partial charge in [0, 0.05) is 30.3 Å². The summed E-state index contributed by atoms with van der Waals surface area (Å²) in [5.41, 5.74) is 8.12. The van der Waals surface area contributed by atoms with Gasteiger partial charge in [-0.05, 0) is 51.8 Å². The first-order valence-electron chi connectivity index (χ1n) is 10.3. The minimum Gasteiger partial charge on any atom is -0.465 e. The number of nitrogens with two attached hydrogens (primary N) is 2. The van der Waals surface area contributed by atoms with Gasteiger partial charge in [0.1, 0.15) is 11.6 Å². The number of carbonyl (C=O) groups is 2. The molecule has 0 saturated carbocycles. The highest BCUT2D eigenvalue weighted by atomic mass is 19.2. The van der Waals surface area contributed by atoms with Crippen LogP contribution in [0.3, 0.4) is 0 Å². The minimum atomic E-state index is -1.59. The molecule has 1 atom stereocenters. The molecule has 1 aromatic carbocycles. The predicted molar refractivity (Wildman–Crippen MR) is 116 cm³/mol. The number of amides is 2. The van der Waals surface area contributed by atoms with Gasteiger partial charge in [-0.1, -0.05) is 0 Å². The maximum atomic E-state index is 15.1. The van der Waals surface area contributed by atoms with Crippen molar-refractivity contribution >= 4 is 23.5 Å². The van der Waals surface area contributed by atoms with Crippen LogP contribution in [0.4, 0.5) is 29.5 Å². The first kappa shape index (κ1) is 24.1. The first-order chi connectivity index (χ1) is 15.3. The Labute approximate surface area is 189 Å². The molecule has 0 radical (unpaired) electrons. The summed E-state index contributed by atoms with van der Waals surface area (Å²) < 4.78 is 43.1. The summed E-state index contributed by atoms with van der Waals surface area (Å²) in [6, 6.07) is 4.10. The average Bonchev–Trinajstić information content (AvgIpc) is 2.69. The number of carboxylic acid groups (broad SMARTS) is 1. The van der Waals surface area contributed by atoms with Crippen molar-refractivity contribution in [3.05, 3.63) is 53.0 Å². The molecule has 5 N–H and O–H groups in total. The van der Waals surface area contributed by atoms with E-state index in [1.54, 1.807) is 25.7 Å². The van der Waals surface area contributed by atoms with Gasteiger partial charge in [0.05, 0.1) is 11.2 Å². The second-order valence-electron chi connectivity index (χ2n) is 9.06. The lowest BCUT2D eigenvalue weighted by Crippen LogP contribution is -2.64. The molecule has 178 valence electrons. The van der Waals surface area contributed by atoms with Gasteiger partial charge in [0.2, 0.25) is 0 Å². The molecule has 2 amide bonds. The molecule has 1 fully saturated rings. The Morgan fingerprint density at radius 3 is 2.36 bits per heavy atom. The second kappa shape index (κ2) is 8.45. The Hall–Kier alpha value is -3.50. The normalized spacial score (nSPS) is 18.8. The zero-order chi connectivity index (χ0) is 24.7. The molecule has 11 heteroatoms. The van der Waals surface area contributed by atoms with Crippen LogP contribution < -0.4 is 16.4 Å². The summed E-state index contributed by atoms with van der Waals surface area (Å²) in [7, 11) is 0. The van der Waals surface area contributed by atoms with Crippen LogP contribution in [-0.2, 0) is 5.54 Å². The lowest BCUT2D eigenvalue weighted by atomic mass is 9.77. The van der Waals surface area contributed by atoms with Gasteiger partial charge < -0.3 is 21.5 Å². The summed E-state index contributed by atoms with van der Waals surface area (Å²) in [5, 5.41) is 10.1. The molecular weight excluding hydrogens is 439 g/mol. The number of hydrogen-bond donors (Lipinski definition) is 3. The predicted octanol–water partition coefficient (Wildman–Crippen LogP) is 3.45. The van der Waals surface area contributed by atoms with Gasteiger partial charge in [-0.3, -0.25) is 9.69 Å². The summed E-state index contributed by atoms with van der Waals surface area (Å²) in [6.45, 7) is 5.15. The van der Waals surface area contributed by atoms with Crippen LogP contribution in [0.25, 0.3) is 0 Å². The fourth-order valence-corrected chi connectivity index (χ4v) is 4.58. The molecular formula is C22H26F3N5O3. The number of carbonyl (C=O) groups excluding carboxylic acids is 1. The van der Waals surface area contributed by atoms with Gasteiger partial charge in [-0.2, -0.15) is 0 Å². The van der Waals surface area contributed by atoms with Gasteiger partial charge in [0.25, 0.3) is 5.91 Å². The van der Waals surface area contributed by atoms with Crippen LogP contribution in [0.5, 0.6) is 0 Å². The SMILES string of the molecule is CC(C)(C)N(C(=O)O)[C@@]1(c2cc(F)c(F)cc2F)CCCN(c2ccc(N)c(C(N)=O)n2)C1. The van der Waals surface area contributed by atoms with E-state index < -0.39 is 40.5 Å². The molecule has 2 aromatic rings. The molecule has 8 nitrogen and oxygen atoms in total. The fourth-order valence-electron chi connectivity index (χ4n) is 4.58. The number of rotatable bonds is 4. The number of benzene rings is 1. The van der Waals surface area contributed by atoms with Gasteiger partial charge in [-0.15, -0.1) is 0 Å². The third-order valence-corrected chi connectivity index (χ3v) is 5.74. The fraction of sp³-hybridized carbons (Fsp3) is 0.409. The largest absolute Gasteiger partial charge is 0.465 e. The van der Waals surface area contributed by atoms with Gasteiger partial charge in [0.15, 0.2) is 17.3 Å². The summed E-state index contributed by atoms with van der Waals surface area (Å²) in [4.78, 5) is 31.1. The molecule has 0 spiro atoms. The Bertz CT molecular complexity index is 1110. The number of nitrogen functional groups attached to an aromatic ring is 1. The van der Waals surface area contributed by atoms with E-state index in [9.17, 15) is 23.5 Å². The number of piperidine rings is 1. The molecule has 1 aliphatic heterocycles. The summed E-state index contributed by atoms with van der Waals surface area (Å²) in [6.07, 6.45) is -0.834. The number of halogens is 3. The summed E-state index contributed by atoms with van der Waals surface area (Å²) in [5.74, 6) is -4.29. The van der Waals surface area contributed by atoms with E-state index in [1.807, 2.05) is 0 Å². The van der Waals surface area contributed by atoms with Crippen molar-refractivity contribution in [3.63, 3.8) is 0 Å². The lowest BCUT2D eigenvalue weighted by molar-refractivity contribution is 0.00212. The van der Waals surface area contributed by atoms with Gasteiger partial charge in [-0.25, -0.2) is 22.9 Å². The Balaban J connectivity index is 2.22. The van der Waals surface area contributed by atoms with Crippen LogP contribution in [0.1, 0.15) is 49.7 Å². The van der Waals surface area contributed by atoms with E-state index >= 15 is 4.39 Å². The van der Waals surface area contributed by atoms with Crippen LogP contribution >= 0.6 is 0 Å². The molecule has 1 saturated heterocycles. The number of anilines is 2. The van der Waals surface area contributed by atoms with Gasteiger partial charge >= 0.3 is 6.09 Å². The van der Waals surface area contributed by atoms with Crippen LogP contribution in [0, 0.1) is 17.5 Å². The number of aromatic nitrogens is 1. The molecule has 3 rings (SSSR count). The topological polar surface area (TPSA) is 126 Å². The molecule has 0 unspecified atom stereocenters.